The van der Waals surface area contributed by atoms with Gasteiger partial charge in [0, 0.05) is 11.9 Å². The lowest BCUT2D eigenvalue weighted by Gasteiger charge is -2.21. The van der Waals surface area contributed by atoms with Crippen LogP contribution in [0.15, 0.2) is 28.8 Å². The Hall–Kier alpha value is -2.08. The molecule has 22 heavy (non-hydrogen) atoms. The third-order valence-corrected chi connectivity index (χ3v) is 3.15. The Kier molecular flexibility index (Phi) is 5.38. The SMILES string of the molecule is Cc1nc(CNC(=O)C(Oc2cccc(Cl)c2)C(C)C)no1. The van der Waals surface area contributed by atoms with E-state index in [2.05, 4.69) is 15.5 Å². The first-order valence-electron chi connectivity index (χ1n) is 6.95. The standard InChI is InChI=1S/C15H18ClN3O3/c1-9(2)14(21-12-6-4-5-11(16)7-12)15(20)17-8-13-18-10(3)22-19-13/h4-7,9,14H,8H2,1-3H3,(H,17,20). The maximum absolute atomic E-state index is 12.3. The number of ether oxygens (including phenoxy) is 1. The Bertz CT molecular complexity index is 642. The first-order valence-corrected chi connectivity index (χ1v) is 7.32. The molecule has 7 heteroatoms. The van der Waals surface area contributed by atoms with Gasteiger partial charge in [-0.1, -0.05) is 36.7 Å². The zero-order chi connectivity index (χ0) is 16.1. The molecule has 1 aromatic heterocycles. The molecule has 2 rings (SSSR count). The molecule has 0 radical (unpaired) electrons. The zero-order valence-electron chi connectivity index (χ0n) is 12.7. The van der Waals surface area contributed by atoms with E-state index < -0.39 is 6.10 Å². The van der Waals surface area contributed by atoms with E-state index in [-0.39, 0.29) is 18.4 Å². The smallest absolute Gasteiger partial charge is 0.261 e. The number of carbonyl (C=O) groups excluding carboxylic acids is 1. The van der Waals surface area contributed by atoms with Crippen molar-refractivity contribution >= 4 is 17.5 Å². The molecule has 0 aliphatic rings. The molecule has 0 fully saturated rings. The van der Waals surface area contributed by atoms with E-state index in [1.165, 1.54) is 0 Å². The highest BCUT2D eigenvalue weighted by Crippen LogP contribution is 2.20. The van der Waals surface area contributed by atoms with Crippen LogP contribution in [0.3, 0.4) is 0 Å². The molecule has 1 atom stereocenters. The average Bonchev–Trinajstić information content (AvgIpc) is 2.88. The van der Waals surface area contributed by atoms with Crippen molar-refractivity contribution in [3.63, 3.8) is 0 Å². The van der Waals surface area contributed by atoms with Gasteiger partial charge in [-0.25, -0.2) is 0 Å². The van der Waals surface area contributed by atoms with Gasteiger partial charge in [-0.2, -0.15) is 4.98 Å². The number of carbonyl (C=O) groups is 1. The van der Waals surface area contributed by atoms with Crippen LogP contribution in [0, 0.1) is 12.8 Å². The summed E-state index contributed by atoms with van der Waals surface area (Å²) in [7, 11) is 0. The molecule has 0 saturated carbocycles. The fraction of sp³-hybridized carbons (Fsp3) is 0.400. The molecule has 0 saturated heterocycles. The van der Waals surface area contributed by atoms with Gasteiger partial charge in [0.1, 0.15) is 5.75 Å². The van der Waals surface area contributed by atoms with Crippen molar-refractivity contribution in [3.8, 4) is 5.75 Å². The molecule has 0 aliphatic heterocycles. The van der Waals surface area contributed by atoms with Gasteiger partial charge in [0.25, 0.3) is 5.91 Å². The van der Waals surface area contributed by atoms with Crippen LogP contribution in [0.1, 0.15) is 25.6 Å². The van der Waals surface area contributed by atoms with Crippen molar-refractivity contribution in [1.29, 1.82) is 0 Å². The van der Waals surface area contributed by atoms with E-state index in [4.69, 9.17) is 20.9 Å². The molecule has 1 N–H and O–H groups in total. The number of hydrogen-bond donors (Lipinski definition) is 1. The number of nitrogens with one attached hydrogen (secondary N) is 1. The molecule has 2 aromatic rings. The molecule has 118 valence electrons. The fourth-order valence-corrected chi connectivity index (χ4v) is 2.04. The number of nitrogens with zero attached hydrogens (tertiary/aromatic N) is 2. The lowest BCUT2D eigenvalue weighted by atomic mass is 10.1. The van der Waals surface area contributed by atoms with Crippen LogP contribution in [0.25, 0.3) is 0 Å². The summed E-state index contributed by atoms with van der Waals surface area (Å²) in [5.41, 5.74) is 0. The van der Waals surface area contributed by atoms with Gasteiger partial charge in [-0.05, 0) is 24.1 Å². The highest BCUT2D eigenvalue weighted by Gasteiger charge is 2.24. The number of rotatable bonds is 6. The van der Waals surface area contributed by atoms with Crippen molar-refractivity contribution in [2.45, 2.75) is 33.4 Å². The van der Waals surface area contributed by atoms with Crippen molar-refractivity contribution < 1.29 is 14.1 Å². The third-order valence-electron chi connectivity index (χ3n) is 2.91. The highest BCUT2D eigenvalue weighted by molar-refractivity contribution is 6.30. The molecular weight excluding hydrogens is 306 g/mol. The first-order chi connectivity index (χ1) is 10.5. The number of aromatic nitrogens is 2. The Labute approximate surface area is 133 Å². The lowest BCUT2D eigenvalue weighted by Crippen LogP contribution is -2.41. The minimum atomic E-state index is -0.633. The Morgan fingerprint density at radius 3 is 2.82 bits per heavy atom. The summed E-state index contributed by atoms with van der Waals surface area (Å²) in [5.74, 6) is 1.19. The lowest BCUT2D eigenvalue weighted by molar-refractivity contribution is -0.130. The van der Waals surface area contributed by atoms with Gasteiger partial charge in [0.05, 0.1) is 6.54 Å². The second-order valence-electron chi connectivity index (χ2n) is 5.19. The molecule has 6 nitrogen and oxygen atoms in total. The summed E-state index contributed by atoms with van der Waals surface area (Å²) in [6, 6.07) is 6.95. The second-order valence-corrected chi connectivity index (χ2v) is 5.62. The molecule has 0 bridgehead atoms. The van der Waals surface area contributed by atoms with E-state index in [1.54, 1.807) is 31.2 Å². The molecular formula is C15H18ClN3O3. The van der Waals surface area contributed by atoms with E-state index >= 15 is 0 Å². The zero-order valence-corrected chi connectivity index (χ0v) is 13.4. The summed E-state index contributed by atoms with van der Waals surface area (Å²) < 4.78 is 10.6. The minimum absolute atomic E-state index is 0.00835. The van der Waals surface area contributed by atoms with Crippen LogP contribution in [0.4, 0.5) is 0 Å². The molecule has 1 aromatic carbocycles. The first kappa shape index (κ1) is 16.3. The van der Waals surface area contributed by atoms with Crippen LogP contribution in [0.2, 0.25) is 5.02 Å². The van der Waals surface area contributed by atoms with Crippen LogP contribution in [-0.2, 0) is 11.3 Å². The number of hydrogen-bond acceptors (Lipinski definition) is 5. The van der Waals surface area contributed by atoms with Crippen LogP contribution in [0.5, 0.6) is 5.75 Å². The number of halogens is 1. The normalized spacial score (nSPS) is 12.2. The monoisotopic (exact) mass is 323 g/mol. The van der Waals surface area contributed by atoms with Crippen LogP contribution < -0.4 is 10.1 Å². The average molecular weight is 324 g/mol. The van der Waals surface area contributed by atoms with E-state index in [9.17, 15) is 4.79 Å². The minimum Gasteiger partial charge on any atom is -0.480 e. The number of aryl methyl sites for hydroxylation is 1. The maximum Gasteiger partial charge on any atom is 0.261 e. The largest absolute Gasteiger partial charge is 0.480 e. The van der Waals surface area contributed by atoms with Gasteiger partial charge in [0.15, 0.2) is 11.9 Å². The predicted molar refractivity (Wildman–Crippen MR) is 81.6 cm³/mol. The van der Waals surface area contributed by atoms with Gasteiger partial charge < -0.3 is 14.6 Å². The Balaban J connectivity index is 1.99. The second kappa shape index (κ2) is 7.26. The quantitative estimate of drug-likeness (QED) is 0.884. The molecule has 1 heterocycles. The third kappa shape index (κ3) is 4.46. The van der Waals surface area contributed by atoms with E-state index in [1.807, 2.05) is 13.8 Å². The summed E-state index contributed by atoms with van der Waals surface area (Å²) in [5, 5.41) is 7.03. The Morgan fingerprint density at radius 1 is 1.45 bits per heavy atom. The highest BCUT2D eigenvalue weighted by atomic mass is 35.5. The topological polar surface area (TPSA) is 77.2 Å². The van der Waals surface area contributed by atoms with Crippen molar-refractivity contribution in [1.82, 2.24) is 15.5 Å². The summed E-state index contributed by atoms with van der Waals surface area (Å²) >= 11 is 5.92. The van der Waals surface area contributed by atoms with E-state index in [0.29, 0.717) is 22.5 Å². The van der Waals surface area contributed by atoms with Crippen LogP contribution in [-0.4, -0.2) is 22.2 Å². The van der Waals surface area contributed by atoms with E-state index in [0.717, 1.165) is 0 Å². The van der Waals surface area contributed by atoms with Gasteiger partial charge in [-0.15, -0.1) is 0 Å². The fourth-order valence-electron chi connectivity index (χ4n) is 1.86. The van der Waals surface area contributed by atoms with Crippen molar-refractivity contribution in [3.05, 3.63) is 41.0 Å². The molecule has 1 amide bonds. The number of benzene rings is 1. The molecule has 0 spiro atoms. The van der Waals surface area contributed by atoms with Gasteiger partial charge in [0.2, 0.25) is 5.89 Å². The maximum atomic E-state index is 12.3. The summed E-state index contributed by atoms with van der Waals surface area (Å²) in [6.07, 6.45) is -0.633. The summed E-state index contributed by atoms with van der Waals surface area (Å²) in [6.45, 7) is 5.70. The van der Waals surface area contributed by atoms with Crippen molar-refractivity contribution in [2.75, 3.05) is 0 Å². The summed E-state index contributed by atoms with van der Waals surface area (Å²) in [4.78, 5) is 16.3. The van der Waals surface area contributed by atoms with Gasteiger partial charge >= 0.3 is 0 Å². The van der Waals surface area contributed by atoms with Gasteiger partial charge in [-0.3, -0.25) is 4.79 Å². The predicted octanol–water partition coefficient (Wildman–Crippen LogP) is 2.75. The molecule has 0 aliphatic carbocycles. The Morgan fingerprint density at radius 2 is 2.23 bits per heavy atom. The van der Waals surface area contributed by atoms with Crippen LogP contribution >= 0.6 is 11.6 Å². The number of amides is 1. The van der Waals surface area contributed by atoms with Crippen molar-refractivity contribution in [2.24, 2.45) is 5.92 Å². The molecule has 1 unspecified atom stereocenters.